The predicted octanol–water partition coefficient (Wildman–Crippen LogP) is 3.59. The number of carbonyl (C=O) groups excluding carboxylic acids is 5. The Labute approximate surface area is 203 Å². The summed E-state index contributed by atoms with van der Waals surface area (Å²) in [6.07, 6.45) is 1.51. The molecule has 1 saturated heterocycles. The Hall–Kier alpha value is -3.95. The number of anilines is 1. The van der Waals surface area contributed by atoms with Crippen LogP contribution in [0.4, 0.5) is 10.5 Å². The molecule has 4 amide bonds. The summed E-state index contributed by atoms with van der Waals surface area (Å²) in [5.74, 6) is -2.19. The van der Waals surface area contributed by atoms with Gasteiger partial charge >= 0.3 is 17.8 Å². The molecule has 1 fully saturated rings. The third-order valence-electron chi connectivity index (χ3n) is 5.53. The first-order chi connectivity index (χ1) is 16.6. The second kappa shape index (κ2) is 10.5. The standard InChI is InChI=1S/C25H29N3O7/c1-6-10-34-19-9-8-17(12-20(19)35-11-7-2)28-24(32)23(31)27(25(28)33)13-18(30)22-14(3)21(16(5)29)15(4)26-22/h8-9,12,26H,6-7,10-11,13H2,1-5H3. The van der Waals surface area contributed by atoms with Gasteiger partial charge in [0.1, 0.15) is 0 Å². The Morgan fingerprint density at radius 3 is 2.14 bits per heavy atom. The highest BCUT2D eigenvalue weighted by atomic mass is 16.5. The Morgan fingerprint density at radius 2 is 1.57 bits per heavy atom. The third-order valence-corrected chi connectivity index (χ3v) is 5.53. The van der Waals surface area contributed by atoms with Gasteiger partial charge in [0.15, 0.2) is 23.1 Å². The predicted molar refractivity (Wildman–Crippen MR) is 127 cm³/mol. The monoisotopic (exact) mass is 483 g/mol. The fourth-order valence-corrected chi connectivity index (χ4v) is 3.94. The van der Waals surface area contributed by atoms with Crippen molar-refractivity contribution in [3.63, 3.8) is 0 Å². The smallest absolute Gasteiger partial charge is 0.339 e. The highest BCUT2D eigenvalue weighted by Gasteiger charge is 2.46. The largest absolute Gasteiger partial charge is 0.490 e. The van der Waals surface area contributed by atoms with Gasteiger partial charge in [-0.1, -0.05) is 13.8 Å². The number of nitrogens with one attached hydrogen (secondary N) is 1. The van der Waals surface area contributed by atoms with Gasteiger partial charge in [-0.25, -0.2) is 14.6 Å². The zero-order chi connectivity index (χ0) is 25.9. The van der Waals surface area contributed by atoms with Crippen molar-refractivity contribution < 1.29 is 33.4 Å². The van der Waals surface area contributed by atoms with Crippen LogP contribution in [0.25, 0.3) is 0 Å². The molecule has 186 valence electrons. The summed E-state index contributed by atoms with van der Waals surface area (Å²) in [5.41, 5.74) is 1.58. The van der Waals surface area contributed by atoms with Crippen LogP contribution in [0.1, 0.15) is 65.7 Å². The lowest BCUT2D eigenvalue weighted by atomic mass is 10.1. The number of carbonyl (C=O) groups is 5. The number of benzene rings is 1. The zero-order valence-corrected chi connectivity index (χ0v) is 20.5. The van der Waals surface area contributed by atoms with Gasteiger partial charge in [-0.15, -0.1) is 0 Å². The number of aromatic amines is 1. The van der Waals surface area contributed by atoms with Gasteiger partial charge in [0.25, 0.3) is 0 Å². The molecule has 2 heterocycles. The van der Waals surface area contributed by atoms with Gasteiger partial charge in [0.2, 0.25) is 0 Å². The highest BCUT2D eigenvalue weighted by Crippen LogP contribution is 2.34. The van der Waals surface area contributed by atoms with Gasteiger partial charge < -0.3 is 14.5 Å². The molecule has 0 unspecified atom stereocenters. The maximum absolute atomic E-state index is 13.1. The van der Waals surface area contributed by atoms with E-state index in [9.17, 15) is 24.0 Å². The minimum Gasteiger partial charge on any atom is -0.490 e. The van der Waals surface area contributed by atoms with E-state index in [4.69, 9.17) is 9.47 Å². The van der Waals surface area contributed by atoms with Crippen molar-refractivity contribution in [1.82, 2.24) is 9.88 Å². The Kier molecular flexibility index (Phi) is 7.73. The first-order valence-electron chi connectivity index (χ1n) is 11.4. The van der Waals surface area contributed by atoms with Gasteiger partial charge in [-0.3, -0.25) is 19.2 Å². The van der Waals surface area contributed by atoms with Gasteiger partial charge in [0.05, 0.1) is 31.1 Å². The van der Waals surface area contributed by atoms with Crippen LogP contribution < -0.4 is 14.4 Å². The summed E-state index contributed by atoms with van der Waals surface area (Å²) in [6, 6.07) is 3.58. The molecule has 0 spiro atoms. The van der Waals surface area contributed by atoms with E-state index in [0.717, 1.165) is 12.8 Å². The lowest BCUT2D eigenvalue weighted by molar-refractivity contribution is -0.139. The zero-order valence-electron chi connectivity index (χ0n) is 20.5. The molecule has 1 N–H and O–H groups in total. The summed E-state index contributed by atoms with van der Waals surface area (Å²) in [7, 11) is 0. The van der Waals surface area contributed by atoms with Crippen LogP contribution in [-0.2, 0) is 9.59 Å². The van der Waals surface area contributed by atoms with Gasteiger partial charge in [-0.05, 0) is 51.3 Å². The van der Waals surface area contributed by atoms with Crippen LogP contribution in [-0.4, -0.2) is 59.1 Å². The van der Waals surface area contributed by atoms with E-state index in [0.29, 0.717) is 51.3 Å². The molecule has 1 aliphatic heterocycles. The summed E-state index contributed by atoms with van der Waals surface area (Å²) < 4.78 is 11.4. The number of nitrogens with zero attached hydrogens (tertiary/aromatic N) is 2. The molecule has 0 aliphatic carbocycles. The summed E-state index contributed by atoms with van der Waals surface area (Å²) in [5, 5.41) is 0. The Balaban J connectivity index is 1.87. The molecule has 10 heteroatoms. The summed E-state index contributed by atoms with van der Waals surface area (Å²) in [6.45, 7) is 8.76. The van der Waals surface area contributed by atoms with Crippen LogP contribution in [0.5, 0.6) is 11.5 Å². The number of H-pyrrole nitrogens is 1. The minimum absolute atomic E-state index is 0.117. The minimum atomic E-state index is -1.11. The number of ether oxygens (including phenoxy) is 2. The average molecular weight is 484 g/mol. The molecule has 0 bridgehead atoms. The molecular weight excluding hydrogens is 454 g/mol. The number of hydrogen-bond donors (Lipinski definition) is 1. The molecule has 3 rings (SSSR count). The van der Waals surface area contributed by atoms with Crippen LogP contribution >= 0.6 is 0 Å². The maximum atomic E-state index is 13.1. The molecular formula is C25H29N3O7. The van der Waals surface area contributed by atoms with Crippen molar-refractivity contribution in [3.05, 3.63) is 40.7 Å². The number of amides is 4. The molecule has 2 aromatic rings. The van der Waals surface area contributed by atoms with Crippen molar-refractivity contribution >= 4 is 35.1 Å². The second-order valence-corrected chi connectivity index (χ2v) is 8.25. The quantitative estimate of drug-likeness (QED) is 0.294. The number of hydrogen-bond acceptors (Lipinski definition) is 7. The van der Waals surface area contributed by atoms with Crippen molar-refractivity contribution in [3.8, 4) is 11.5 Å². The average Bonchev–Trinajstić information content (AvgIpc) is 3.23. The lowest BCUT2D eigenvalue weighted by Gasteiger charge is -2.18. The van der Waals surface area contributed by atoms with Crippen LogP contribution in [0, 0.1) is 13.8 Å². The molecule has 0 atom stereocenters. The second-order valence-electron chi connectivity index (χ2n) is 8.25. The number of urea groups is 1. The van der Waals surface area contributed by atoms with E-state index < -0.39 is 30.2 Å². The number of imide groups is 2. The van der Waals surface area contributed by atoms with E-state index in [1.54, 1.807) is 19.9 Å². The first-order valence-corrected chi connectivity index (χ1v) is 11.4. The molecule has 10 nitrogen and oxygen atoms in total. The molecule has 35 heavy (non-hydrogen) atoms. The van der Waals surface area contributed by atoms with E-state index >= 15 is 0 Å². The van der Waals surface area contributed by atoms with Crippen LogP contribution in [0.3, 0.4) is 0 Å². The van der Waals surface area contributed by atoms with Gasteiger partial charge in [0, 0.05) is 17.3 Å². The van der Waals surface area contributed by atoms with E-state index in [2.05, 4.69) is 4.98 Å². The number of rotatable bonds is 11. The van der Waals surface area contributed by atoms with E-state index in [1.807, 2.05) is 13.8 Å². The third kappa shape index (κ3) is 4.96. The molecule has 0 saturated carbocycles. The van der Waals surface area contributed by atoms with Crippen LogP contribution in [0.15, 0.2) is 18.2 Å². The number of ketones is 2. The Bertz CT molecular complexity index is 1200. The lowest BCUT2D eigenvalue weighted by Crippen LogP contribution is -2.37. The molecule has 1 aromatic heterocycles. The fraction of sp³-hybridized carbons (Fsp3) is 0.400. The fourth-order valence-electron chi connectivity index (χ4n) is 3.94. The Morgan fingerprint density at radius 1 is 0.943 bits per heavy atom. The summed E-state index contributed by atoms with van der Waals surface area (Å²) in [4.78, 5) is 67.4. The van der Waals surface area contributed by atoms with Crippen molar-refractivity contribution in [1.29, 1.82) is 0 Å². The van der Waals surface area contributed by atoms with Crippen LogP contribution in [0.2, 0.25) is 0 Å². The van der Waals surface area contributed by atoms with E-state index in [1.165, 1.54) is 19.1 Å². The number of Topliss-reactive ketones (excluding diaryl/α,β-unsaturated/α-hetero) is 2. The normalized spacial score (nSPS) is 13.6. The van der Waals surface area contributed by atoms with Gasteiger partial charge in [-0.2, -0.15) is 0 Å². The first kappa shape index (κ1) is 25.7. The SMILES string of the molecule is CCCOc1ccc(N2C(=O)C(=O)N(CC(=O)c3[nH]c(C)c(C(C)=O)c3C)C2=O)cc1OCCC. The van der Waals surface area contributed by atoms with Crippen molar-refractivity contribution in [2.24, 2.45) is 0 Å². The topological polar surface area (TPSA) is 126 Å². The van der Waals surface area contributed by atoms with Crippen molar-refractivity contribution in [2.45, 2.75) is 47.5 Å². The number of aromatic nitrogens is 1. The molecule has 0 radical (unpaired) electrons. The molecule has 1 aliphatic rings. The number of aryl methyl sites for hydroxylation is 1. The molecule has 1 aromatic carbocycles. The maximum Gasteiger partial charge on any atom is 0.339 e. The highest BCUT2D eigenvalue weighted by molar-refractivity contribution is 6.53. The van der Waals surface area contributed by atoms with E-state index in [-0.39, 0.29) is 17.2 Å². The van der Waals surface area contributed by atoms with Crippen molar-refractivity contribution in [2.75, 3.05) is 24.7 Å². The summed E-state index contributed by atoms with van der Waals surface area (Å²) >= 11 is 0.